The number of benzene rings is 2. The smallest absolute Gasteiger partial charge is 0.263 e. The normalized spacial score (nSPS) is 11.1. The predicted octanol–water partition coefficient (Wildman–Crippen LogP) is 5.04. The zero-order valence-corrected chi connectivity index (χ0v) is 15.2. The van der Waals surface area contributed by atoms with Gasteiger partial charge in [-0.2, -0.15) is 0 Å². The monoisotopic (exact) mass is 421 g/mol. The highest BCUT2D eigenvalue weighted by Gasteiger charge is 2.18. The third kappa shape index (κ3) is 2.29. The summed E-state index contributed by atoms with van der Waals surface area (Å²) in [5.74, 6) is 0.140. The molecule has 5 heteroatoms. The van der Waals surface area contributed by atoms with Crippen LogP contribution in [0.1, 0.15) is 11.1 Å². The first-order valence-electron chi connectivity index (χ1n) is 6.71. The van der Waals surface area contributed by atoms with Gasteiger partial charge in [-0.25, -0.2) is 0 Å². The van der Waals surface area contributed by atoms with Crippen molar-refractivity contribution in [1.82, 2.24) is 4.98 Å². The summed E-state index contributed by atoms with van der Waals surface area (Å²) in [5.41, 5.74) is 3.98. The molecule has 1 heterocycles. The number of nitrogens with one attached hydrogen (secondary N) is 1. The van der Waals surface area contributed by atoms with Crippen molar-refractivity contribution < 1.29 is 5.11 Å². The van der Waals surface area contributed by atoms with Gasteiger partial charge in [0.15, 0.2) is 0 Å². The topological polar surface area (TPSA) is 53.1 Å². The Morgan fingerprint density at radius 3 is 2.50 bits per heavy atom. The zero-order chi connectivity index (χ0) is 16.0. The van der Waals surface area contributed by atoms with E-state index in [1.807, 2.05) is 37.3 Å². The number of phenols is 1. The molecule has 0 saturated heterocycles. The maximum atomic E-state index is 12.3. The Morgan fingerprint density at radius 2 is 1.82 bits per heavy atom. The molecular weight excluding hydrogens is 410 g/mol. The van der Waals surface area contributed by atoms with Crippen LogP contribution < -0.4 is 5.56 Å². The van der Waals surface area contributed by atoms with E-state index >= 15 is 0 Å². The molecule has 3 nitrogen and oxygen atoms in total. The molecule has 0 bridgehead atoms. The Morgan fingerprint density at radius 1 is 1.14 bits per heavy atom. The molecule has 0 unspecified atom stereocenters. The molecule has 0 spiro atoms. The van der Waals surface area contributed by atoms with Crippen LogP contribution in [0.5, 0.6) is 5.75 Å². The standard InChI is InChI=1S/C17H13Br2NO2/c1-8-5-3-4-6-10(8)13-11-7-12(18)16(21)9(2)15(11)20-17(22)14(13)19/h3-7,21H,1-2H3,(H,20,22). The Bertz CT molecular complexity index is 961. The van der Waals surface area contributed by atoms with Crippen molar-refractivity contribution in [2.24, 2.45) is 0 Å². The number of halogens is 2. The van der Waals surface area contributed by atoms with E-state index in [1.165, 1.54) is 0 Å². The largest absolute Gasteiger partial charge is 0.506 e. The fraction of sp³-hybridized carbons (Fsp3) is 0.118. The summed E-state index contributed by atoms with van der Waals surface area (Å²) in [6.45, 7) is 3.80. The van der Waals surface area contributed by atoms with Gasteiger partial charge in [-0.15, -0.1) is 0 Å². The van der Waals surface area contributed by atoms with Crippen molar-refractivity contribution in [1.29, 1.82) is 0 Å². The van der Waals surface area contributed by atoms with Crippen LogP contribution in [0, 0.1) is 13.8 Å². The summed E-state index contributed by atoms with van der Waals surface area (Å²) in [7, 11) is 0. The average molecular weight is 423 g/mol. The molecule has 0 radical (unpaired) electrons. The van der Waals surface area contributed by atoms with Gasteiger partial charge in [0.05, 0.1) is 14.5 Å². The number of fused-ring (bicyclic) bond motifs is 1. The maximum absolute atomic E-state index is 12.3. The number of aromatic amines is 1. The van der Waals surface area contributed by atoms with E-state index in [9.17, 15) is 9.90 Å². The number of aryl methyl sites for hydroxylation is 2. The first-order valence-corrected chi connectivity index (χ1v) is 8.30. The van der Waals surface area contributed by atoms with Crippen molar-refractivity contribution >= 4 is 42.8 Å². The number of hydrogen-bond acceptors (Lipinski definition) is 2. The number of pyridine rings is 1. The van der Waals surface area contributed by atoms with Crippen LogP contribution in [-0.2, 0) is 0 Å². The molecule has 2 aromatic carbocycles. The van der Waals surface area contributed by atoms with Gasteiger partial charge >= 0.3 is 0 Å². The molecule has 22 heavy (non-hydrogen) atoms. The second-order valence-electron chi connectivity index (χ2n) is 5.21. The van der Waals surface area contributed by atoms with E-state index in [4.69, 9.17) is 0 Å². The van der Waals surface area contributed by atoms with Crippen LogP contribution in [0.4, 0.5) is 0 Å². The number of phenolic OH excluding ortho intramolecular Hbond substituents is 1. The van der Waals surface area contributed by atoms with E-state index in [-0.39, 0.29) is 11.3 Å². The maximum Gasteiger partial charge on any atom is 0.263 e. The third-order valence-corrected chi connectivity index (χ3v) is 5.20. The zero-order valence-electron chi connectivity index (χ0n) is 12.0. The predicted molar refractivity (Wildman–Crippen MR) is 96.5 cm³/mol. The van der Waals surface area contributed by atoms with Crippen molar-refractivity contribution in [3.63, 3.8) is 0 Å². The Balaban J connectivity index is 2.57. The molecule has 3 rings (SSSR count). The molecule has 0 aliphatic rings. The van der Waals surface area contributed by atoms with Crippen LogP contribution >= 0.6 is 31.9 Å². The lowest BCUT2D eigenvalue weighted by Crippen LogP contribution is -2.09. The molecule has 0 atom stereocenters. The van der Waals surface area contributed by atoms with Crippen LogP contribution in [0.3, 0.4) is 0 Å². The van der Waals surface area contributed by atoms with Gasteiger partial charge < -0.3 is 10.1 Å². The van der Waals surface area contributed by atoms with Gasteiger partial charge in [0, 0.05) is 16.5 Å². The average Bonchev–Trinajstić information content (AvgIpc) is 2.49. The van der Waals surface area contributed by atoms with Crippen molar-refractivity contribution in [2.75, 3.05) is 0 Å². The van der Waals surface area contributed by atoms with Crippen LogP contribution in [0.2, 0.25) is 0 Å². The van der Waals surface area contributed by atoms with Gasteiger partial charge in [0.1, 0.15) is 5.75 Å². The van der Waals surface area contributed by atoms with Gasteiger partial charge in [0.25, 0.3) is 5.56 Å². The molecule has 3 aromatic rings. The van der Waals surface area contributed by atoms with Crippen LogP contribution in [-0.4, -0.2) is 10.1 Å². The molecular formula is C17H13Br2NO2. The van der Waals surface area contributed by atoms with E-state index in [1.54, 1.807) is 6.92 Å². The number of aromatic nitrogens is 1. The Hall–Kier alpha value is -1.59. The van der Waals surface area contributed by atoms with Crippen molar-refractivity contribution in [3.8, 4) is 16.9 Å². The minimum atomic E-state index is -0.212. The van der Waals surface area contributed by atoms with E-state index in [2.05, 4.69) is 36.8 Å². The third-order valence-electron chi connectivity index (χ3n) is 3.84. The molecule has 112 valence electrons. The summed E-state index contributed by atoms with van der Waals surface area (Å²) in [5, 5.41) is 11.0. The fourth-order valence-corrected chi connectivity index (χ4v) is 3.69. The summed E-state index contributed by atoms with van der Waals surface area (Å²) < 4.78 is 1.09. The number of rotatable bonds is 1. The Labute approximate surface area is 144 Å². The molecule has 0 amide bonds. The van der Waals surface area contributed by atoms with Gasteiger partial charge in [-0.3, -0.25) is 4.79 Å². The minimum Gasteiger partial charge on any atom is -0.506 e. The van der Waals surface area contributed by atoms with Gasteiger partial charge in [-0.05, 0) is 62.9 Å². The molecule has 0 aliphatic heterocycles. The first-order chi connectivity index (χ1) is 10.4. The Kier molecular flexibility index (Phi) is 3.87. The van der Waals surface area contributed by atoms with E-state index in [0.29, 0.717) is 20.0 Å². The van der Waals surface area contributed by atoms with Crippen molar-refractivity contribution in [3.05, 3.63) is 60.8 Å². The number of aromatic hydroxyl groups is 1. The van der Waals surface area contributed by atoms with Crippen molar-refractivity contribution in [2.45, 2.75) is 13.8 Å². The van der Waals surface area contributed by atoms with Gasteiger partial charge in [-0.1, -0.05) is 24.3 Å². The summed E-state index contributed by atoms with van der Waals surface area (Å²) in [6.07, 6.45) is 0. The highest BCUT2D eigenvalue weighted by atomic mass is 79.9. The van der Waals surface area contributed by atoms with E-state index < -0.39 is 0 Å². The molecule has 0 fully saturated rings. The lowest BCUT2D eigenvalue weighted by atomic mass is 9.96. The lowest BCUT2D eigenvalue weighted by molar-refractivity contribution is 0.468. The number of H-pyrrole nitrogens is 1. The second-order valence-corrected chi connectivity index (χ2v) is 6.86. The minimum absolute atomic E-state index is 0.140. The quantitative estimate of drug-likeness (QED) is 0.576. The summed E-state index contributed by atoms with van der Waals surface area (Å²) in [4.78, 5) is 15.1. The SMILES string of the molecule is Cc1ccccc1-c1c(Br)c(=O)[nH]c2c(C)c(O)c(Br)cc12. The van der Waals surface area contributed by atoms with Crippen LogP contribution in [0.25, 0.3) is 22.0 Å². The first kappa shape index (κ1) is 15.3. The fourth-order valence-electron chi connectivity index (χ4n) is 2.64. The molecule has 0 saturated carbocycles. The molecule has 1 aromatic heterocycles. The molecule has 2 N–H and O–H groups in total. The van der Waals surface area contributed by atoms with Crippen LogP contribution in [0.15, 0.2) is 44.1 Å². The highest BCUT2D eigenvalue weighted by Crippen LogP contribution is 2.40. The molecule has 0 aliphatic carbocycles. The van der Waals surface area contributed by atoms with Gasteiger partial charge in [0.2, 0.25) is 0 Å². The number of hydrogen-bond donors (Lipinski definition) is 2. The lowest BCUT2D eigenvalue weighted by Gasteiger charge is -2.14. The highest BCUT2D eigenvalue weighted by molar-refractivity contribution is 9.11. The van der Waals surface area contributed by atoms with E-state index in [0.717, 1.165) is 22.1 Å². The second kappa shape index (κ2) is 5.56. The summed E-state index contributed by atoms with van der Waals surface area (Å²) in [6, 6.07) is 9.75. The summed E-state index contributed by atoms with van der Waals surface area (Å²) >= 11 is 6.80.